The summed E-state index contributed by atoms with van der Waals surface area (Å²) >= 11 is 0. The summed E-state index contributed by atoms with van der Waals surface area (Å²) in [5.41, 5.74) is 6.14. The highest BCUT2D eigenvalue weighted by Crippen LogP contribution is 2.29. The highest BCUT2D eigenvalue weighted by Gasteiger charge is 2.26. The Kier molecular flexibility index (Phi) is 2.87. The molecule has 80 valence electrons. The van der Waals surface area contributed by atoms with Gasteiger partial charge in [-0.2, -0.15) is 0 Å². The van der Waals surface area contributed by atoms with Crippen LogP contribution in [0, 0.1) is 0 Å². The lowest BCUT2D eigenvalue weighted by Gasteiger charge is -2.25. The molecule has 1 aromatic carbocycles. The van der Waals surface area contributed by atoms with Gasteiger partial charge in [-0.05, 0) is 31.5 Å². The first-order chi connectivity index (χ1) is 7.31. The van der Waals surface area contributed by atoms with Gasteiger partial charge < -0.3 is 15.8 Å². The number of ether oxygens (including phenoxy) is 1. The van der Waals surface area contributed by atoms with Crippen molar-refractivity contribution in [1.82, 2.24) is 0 Å². The van der Waals surface area contributed by atoms with Crippen LogP contribution in [0.15, 0.2) is 24.3 Å². The molecule has 1 heterocycles. The van der Waals surface area contributed by atoms with Crippen molar-refractivity contribution in [2.75, 3.05) is 11.9 Å². The Balaban J connectivity index is 2.11. The Bertz CT molecular complexity index is 365. The van der Waals surface area contributed by atoms with E-state index < -0.39 is 6.10 Å². The molecule has 15 heavy (non-hydrogen) atoms. The molecule has 1 aliphatic rings. The number of nitrogens with one attached hydrogen (secondary N) is 1. The molecule has 1 aromatic rings. The zero-order valence-corrected chi connectivity index (χ0v) is 8.40. The second-order valence-corrected chi connectivity index (χ2v) is 3.52. The molecule has 0 spiro atoms. The van der Waals surface area contributed by atoms with Crippen molar-refractivity contribution in [2.45, 2.75) is 18.9 Å². The number of hydrogen-bond acceptors (Lipinski definition) is 3. The van der Waals surface area contributed by atoms with Gasteiger partial charge in [-0.25, -0.2) is 0 Å². The van der Waals surface area contributed by atoms with Gasteiger partial charge in [0.25, 0.3) is 5.91 Å². The minimum Gasteiger partial charge on any atom is -0.478 e. The molecule has 1 amide bonds. The summed E-state index contributed by atoms with van der Waals surface area (Å²) in [7, 11) is 0. The third kappa shape index (κ3) is 2.10. The van der Waals surface area contributed by atoms with Gasteiger partial charge in [0.15, 0.2) is 6.10 Å². The fraction of sp³-hybridized carbons (Fsp3) is 0.364. The van der Waals surface area contributed by atoms with Gasteiger partial charge in [-0.1, -0.05) is 12.1 Å². The lowest BCUT2D eigenvalue weighted by atomic mass is 10.1. The fourth-order valence-corrected chi connectivity index (χ4v) is 1.59. The summed E-state index contributed by atoms with van der Waals surface area (Å²) in [5, 5.41) is 2.81. The molecule has 1 atom stereocenters. The zero-order valence-electron chi connectivity index (χ0n) is 8.40. The number of amides is 1. The van der Waals surface area contributed by atoms with E-state index in [1.54, 1.807) is 0 Å². The number of nitrogens with two attached hydrogens (primary N) is 1. The van der Waals surface area contributed by atoms with Crippen LogP contribution in [0.3, 0.4) is 0 Å². The Morgan fingerprint density at radius 1 is 1.40 bits per heavy atom. The molecule has 4 heteroatoms. The van der Waals surface area contributed by atoms with Crippen LogP contribution in [0.25, 0.3) is 0 Å². The molecule has 0 saturated carbocycles. The van der Waals surface area contributed by atoms with E-state index in [-0.39, 0.29) is 5.91 Å². The van der Waals surface area contributed by atoms with Crippen molar-refractivity contribution < 1.29 is 9.53 Å². The molecule has 1 aliphatic heterocycles. The molecule has 0 radical (unpaired) electrons. The second-order valence-electron chi connectivity index (χ2n) is 3.52. The van der Waals surface area contributed by atoms with Gasteiger partial charge in [0.2, 0.25) is 0 Å². The van der Waals surface area contributed by atoms with E-state index in [0.717, 1.165) is 17.9 Å². The highest BCUT2D eigenvalue weighted by atomic mass is 16.5. The maximum atomic E-state index is 11.6. The number of para-hydroxylation sites is 2. The van der Waals surface area contributed by atoms with Crippen molar-refractivity contribution in [1.29, 1.82) is 0 Å². The third-order valence-electron chi connectivity index (χ3n) is 2.38. The van der Waals surface area contributed by atoms with E-state index in [9.17, 15) is 4.79 Å². The van der Waals surface area contributed by atoms with E-state index in [1.807, 2.05) is 24.3 Å². The van der Waals surface area contributed by atoms with Crippen LogP contribution >= 0.6 is 0 Å². The Labute approximate surface area is 88.4 Å². The van der Waals surface area contributed by atoms with Gasteiger partial charge in [-0.3, -0.25) is 4.79 Å². The van der Waals surface area contributed by atoms with Crippen LogP contribution in [-0.2, 0) is 4.79 Å². The van der Waals surface area contributed by atoms with Gasteiger partial charge in [0.1, 0.15) is 5.75 Å². The number of anilines is 1. The molecule has 4 nitrogen and oxygen atoms in total. The summed E-state index contributed by atoms with van der Waals surface area (Å²) in [6, 6.07) is 7.43. The molecular formula is C11H14N2O2. The summed E-state index contributed by atoms with van der Waals surface area (Å²) in [5.74, 6) is 0.654. The monoisotopic (exact) mass is 206 g/mol. The lowest BCUT2D eigenvalue weighted by molar-refractivity contribution is -0.123. The quantitative estimate of drug-likeness (QED) is 0.779. The molecule has 3 N–H and O–H groups in total. The van der Waals surface area contributed by atoms with Crippen LogP contribution in [0.2, 0.25) is 0 Å². The van der Waals surface area contributed by atoms with Gasteiger partial charge >= 0.3 is 0 Å². The summed E-state index contributed by atoms with van der Waals surface area (Å²) < 4.78 is 5.58. The molecule has 2 rings (SSSR count). The maximum absolute atomic E-state index is 11.6. The van der Waals surface area contributed by atoms with E-state index in [2.05, 4.69) is 5.32 Å². The first kappa shape index (κ1) is 9.98. The maximum Gasteiger partial charge on any atom is 0.265 e. The lowest BCUT2D eigenvalue weighted by Crippen LogP contribution is -2.37. The van der Waals surface area contributed by atoms with Crippen molar-refractivity contribution in [2.24, 2.45) is 5.73 Å². The van der Waals surface area contributed by atoms with E-state index >= 15 is 0 Å². The summed E-state index contributed by atoms with van der Waals surface area (Å²) in [6.45, 7) is 0.578. The number of carbonyl (C=O) groups is 1. The number of hydrogen-bond donors (Lipinski definition) is 2. The minimum absolute atomic E-state index is 0.0813. The van der Waals surface area contributed by atoms with E-state index in [4.69, 9.17) is 10.5 Å². The topological polar surface area (TPSA) is 64.3 Å². The van der Waals surface area contributed by atoms with Gasteiger partial charge in [0.05, 0.1) is 5.69 Å². The molecule has 0 aromatic heterocycles. The van der Waals surface area contributed by atoms with E-state index in [1.165, 1.54) is 0 Å². The molecule has 0 aliphatic carbocycles. The van der Waals surface area contributed by atoms with Crippen LogP contribution < -0.4 is 15.8 Å². The Morgan fingerprint density at radius 3 is 3.00 bits per heavy atom. The standard InChI is InChI=1S/C11H14N2O2/c12-7-3-6-10-11(14)13-8-4-1-2-5-9(8)15-10/h1-2,4-5,10H,3,6-7,12H2,(H,13,14). The van der Waals surface area contributed by atoms with Crippen molar-refractivity contribution in [3.05, 3.63) is 24.3 Å². The number of carbonyl (C=O) groups excluding carboxylic acids is 1. The van der Waals surface area contributed by atoms with Crippen LogP contribution in [-0.4, -0.2) is 18.6 Å². The predicted octanol–water partition coefficient (Wildman–Crippen LogP) is 1.13. The van der Waals surface area contributed by atoms with Crippen LogP contribution in [0.1, 0.15) is 12.8 Å². The van der Waals surface area contributed by atoms with Gasteiger partial charge in [0, 0.05) is 0 Å². The highest BCUT2D eigenvalue weighted by molar-refractivity contribution is 5.97. The van der Waals surface area contributed by atoms with Crippen LogP contribution in [0.5, 0.6) is 5.75 Å². The number of benzene rings is 1. The SMILES string of the molecule is NCCCC1Oc2ccccc2NC1=O. The van der Waals surface area contributed by atoms with Crippen molar-refractivity contribution >= 4 is 11.6 Å². The normalized spacial score (nSPS) is 19.0. The second kappa shape index (κ2) is 4.31. The zero-order chi connectivity index (χ0) is 10.7. The number of fused-ring (bicyclic) bond motifs is 1. The molecule has 0 fully saturated rings. The summed E-state index contributed by atoms with van der Waals surface area (Å²) in [4.78, 5) is 11.6. The first-order valence-corrected chi connectivity index (χ1v) is 5.08. The molecule has 0 saturated heterocycles. The number of rotatable bonds is 3. The first-order valence-electron chi connectivity index (χ1n) is 5.08. The largest absolute Gasteiger partial charge is 0.478 e. The Hall–Kier alpha value is -1.55. The van der Waals surface area contributed by atoms with E-state index in [0.29, 0.717) is 13.0 Å². The minimum atomic E-state index is -0.400. The Morgan fingerprint density at radius 2 is 2.20 bits per heavy atom. The average molecular weight is 206 g/mol. The summed E-state index contributed by atoms with van der Waals surface area (Å²) in [6.07, 6.45) is 1.06. The van der Waals surface area contributed by atoms with Gasteiger partial charge in [-0.15, -0.1) is 0 Å². The fourth-order valence-electron chi connectivity index (χ4n) is 1.59. The predicted molar refractivity (Wildman–Crippen MR) is 57.8 cm³/mol. The molecular weight excluding hydrogens is 192 g/mol. The van der Waals surface area contributed by atoms with Crippen molar-refractivity contribution in [3.8, 4) is 5.75 Å². The smallest absolute Gasteiger partial charge is 0.265 e. The molecule has 1 unspecified atom stereocenters. The van der Waals surface area contributed by atoms with Crippen LogP contribution in [0.4, 0.5) is 5.69 Å². The van der Waals surface area contributed by atoms with Crippen molar-refractivity contribution in [3.63, 3.8) is 0 Å². The molecule has 0 bridgehead atoms. The third-order valence-corrected chi connectivity index (χ3v) is 2.38. The average Bonchev–Trinajstić information content (AvgIpc) is 2.26.